The van der Waals surface area contributed by atoms with Gasteiger partial charge >= 0.3 is 0 Å². The van der Waals surface area contributed by atoms with Crippen molar-refractivity contribution in [2.45, 2.75) is 12.3 Å². The summed E-state index contributed by atoms with van der Waals surface area (Å²) >= 11 is 0. The molecule has 2 rings (SSSR count). The third-order valence-electron chi connectivity index (χ3n) is 2.40. The summed E-state index contributed by atoms with van der Waals surface area (Å²) in [5.74, 6) is -0.0727. The van der Waals surface area contributed by atoms with Gasteiger partial charge in [0, 0.05) is 18.9 Å². The molecule has 0 radical (unpaired) electrons. The lowest BCUT2D eigenvalue weighted by Crippen LogP contribution is -2.16. The molecule has 1 aromatic carbocycles. The molecule has 0 aliphatic carbocycles. The molecule has 0 bridgehead atoms. The van der Waals surface area contributed by atoms with E-state index in [1.807, 2.05) is 6.07 Å². The van der Waals surface area contributed by atoms with Gasteiger partial charge in [-0.05, 0) is 17.2 Å². The Balaban J connectivity index is 2.12. The van der Waals surface area contributed by atoms with Crippen LogP contribution in [0.15, 0.2) is 42.7 Å². The average molecular weight is 278 g/mol. The molecule has 3 N–H and O–H groups in total. The molecule has 0 aliphatic heterocycles. The van der Waals surface area contributed by atoms with Crippen molar-refractivity contribution in [2.24, 2.45) is 5.73 Å². The Hall–Kier alpha value is -1.99. The fourth-order valence-electron chi connectivity index (χ4n) is 1.59. The molecule has 0 saturated carbocycles. The highest BCUT2D eigenvalue weighted by atomic mass is 32.2. The normalized spacial score (nSPS) is 11.2. The Morgan fingerprint density at radius 1 is 1.11 bits per heavy atom. The van der Waals surface area contributed by atoms with E-state index in [4.69, 9.17) is 5.73 Å². The average Bonchev–Trinajstić information content (AvgIpc) is 2.39. The first-order valence-corrected chi connectivity index (χ1v) is 7.30. The maximum Gasteiger partial charge on any atom is 0.239 e. The van der Waals surface area contributed by atoms with E-state index in [0.717, 1.165) is 5.56 Å². The van der Waals surface area contributed by atoms with Gasteiger partial charge in [0.05, 0.1) is 5.75 Å². The number of nitrogens with one attached hydrogen (secondary N) is 1. The number of hydrogen-bond donors (Lipinski definition) is 2. The van der Waals surface area contributed by atoms with Gasteiger partial charge in [0.2, 0.25) is 16.0 Å². The fourth-order valence-corrected chi connectivity index (χ4v) is 2.67. The number of benzene rings is 1. The van der Waals surface area contributed by atoms with Crippen LogP contribution in [0.2, 0.25) is 0 Å². The van der Waals surface area contributed by atoms with Crippen molar-refractivity contribution in [3.8, 4) is 0 Å². The molecular weight excluding hydrogens is 264 g/mol. The van der Waals surface area contributed by atoms with Crippen molar-refractivity contribution in [3.63, 3.8) is 0 Å². The second kappa shape index (κ2) is 5.77. The van der Waals surface area contributed by atoms with Gasteiger partial charge < -0.3 is 5.73 Å². The summed E-state index contributed by atoms with van der Waals surface area (Å²) in [6.45, 7) is 0.378. The van der Waals surface area contributed by atoms with Crippen molar-refractivity contribution in [1.82, 2.24) is 9.97 Å². The van der Waals surface area contributed by atoms with Crippen molar-refractivity contribution in [2.75, 3.05) is 4.72 Å². The van der Waals surface area contributed by atoms with E-state index in [2.05, 4.69) is 14.7 Å². The zero-order chi connectivity index (χ0) is 13.7. The van der Waals surface area contributed by atoms with Crippen LogP contribution in [0.5, 0.6) is 0 Å². The van der Waals surface area contributed by atoms with E-state index >= 15 is 0 Å². The minimum atomic E-state index is -3.53. The summed E-state index contributed by atoms with van der Waals surface area (Å²) in [5.41, 5.74) is 7.09. The van der Waals surface area contributed by atoms with Crippen LogP contribution in [-0.2, 0) is 22.3 Å². The molecule has 7 heteroatoms. The van der Waals surface area contributed by atoms with Crippen molar-refractivity contribution >= 4 is 16.0 Å². The smallest absolute Gasteiger partial charge is 0.239 e. The molecule has 6 nitrogen and oxygen atoms in total. The summed E-state index contributed by atoms with van der Waals surface area (Å²) in [6, 6.07) is 8.76. The quantitative estimate of drug-likeness (QED) is 0.846. The van der Waals surface area contributed by atoms with Crippen LogP contribution < -0.4 is 10.5 Å². The first kappa shape index (κ1) is 13.4. The number of nitrogens with zero attached hydrogens (tertiary/aromatic N) is 2. The molecule has 100 valence electrons. The maximum atomic E-state index is 11.9. The third-order valence-corrected chi connectivity index (χ3v) is 3.60. The molecule has 1 heterocycles. The molecule has 0 spiro atoms. The Kier molecular flexibility index (Phi) is 4.08. The molecule has 1 aromatic heterocycles. The minimum Gasteiger partial charge on any atom is -0.326 e. The van der Waals surface area contributed by atoms with Crippen LogP contribution in [-0.4, -0.2) is 18.4 Å². The Bertz CT molecular complexity index is 644. The Labute approximate surface area is 111 Å². The van der Waals surface area contributed by atoms with Gasteiger partial charge in [-0.25, -0.2) is 18.4 Å². The number of anilines is 1. The lowest BCUT2D eigenvalue weighted by atomic mass is 10.1. The van der Waals surface area contributed by atoms with E-state index in [9.17, 15) is 8.42 Å². The van der Waals surface area contributed by atoms with Crippen LogP contribution in [0, 0.1) is 0 Å². The number of rotatable bonds is 5. The van der Waals surface area contributed by atoms with E-state index in [1.54, 1.807) is 24.3 Å². The molecule has 0 aliphatic rings. The first-order valence-electron chi connectivity index (χ1n) is 5.64. The third kappa shape index (κ3) is 4.01. The Morgan fingerprint density at radius 2 is 1.79 bits per heavy atom. The molecule has 19 heavy (non-hydrogen) atoms. The van der Waals surface area contributed by atoms with Gasteiger partial charge in [0.25, 0.3) is 0 Å². The van der Waals surface area contributed by atoms with E-state index in [0.29, 0.717) is 12.1 Å². The zero-order valence-corrected chi connectivity index (χ0v) is 11.0. The molecule has 0 unspecified atom stereocenters. The van der Waals surface area contributed by atoms with Gasteiger partial charge in [-0.15, -0.1) is 0 Å². The summed E-state index contributed by atoms with van der Waals surface area (Å²) in [4.78, 5) is 7.64. The van der Waals surface area contributed by atoms with Crippen molar-refractivity contribution in [1.29, 1.82) is 0 Å². The standard InChI is InChI=1S/C12H14N4O2S/c13-8-10-3-1-4-11(7-10)9-19(17,18)16-12-14-5-2-6-15-12/h1-7H,8-9,13H2,(H,14,15,16). The largest absolute Gasteiger partial charge is 0.326 e. The summed E-state index contributed by atoms with van der Waals surface area (Å²) in [7, 11) is -3.53. The SMILES string of the molecule is NCc1cccc(CS(=O)(=O)Nc2ncccn2)c1. The van der Waals surface area contributed by atoms with Gasteiger partial charge in [0.15, 0.2) is 0 Å². The molecule has 0 atom stereocenters. The highest BCUT2D eigenvalue weighted by Crippen LogP contribution is 2.10. The number of hydrogen-bond acceptors (Lipinski definition) is 5. The van der Waals surface area contributed by atoms with Crippen LogP contribution in [0.3, 0.4) is 0 Å². The minimum absolute atomic E-state index is 0.0671. The van der Waals surface area contributed by atoms with E-state index in [-0.39, 0.29) is 11.7 Å². The van der Waals surface area contributed by atoms with Crippen LogP contribution >= 0.6 is 0 Å². The lowest BCUT2D eigenvalue weighted by molar-refractivity contribution is 0.600. The number of aromatic nitrogens is 2. The molecule has 0 saturated heterocycles. The topological polar surface area (TPSA) is 98.0 Å². The molecule has 0 amide bonds. The predicted molar refractivity (Wildman–Crippen MR) is 72.6 cm³/mol. The summed E-state index contributed by atoms with van der Waals surface area (Å²) in [6.07, 6.45) is 2.94. The highest BCUT2D eigenvalue weighted by molar-refractivity contribution is 7.91. The second-order valence-corrected chi connectivity index (χ2v) is 5.68. The van der Waals surface area contributed by atoms with E-state index < -0.39 is 10.0 Å². The first-order chi connectivity index (χ1) is 9.09. The van der Waals surface area contributed by atoms with Gasteiger partial charge in [-0.2, -0.15) is 0 Å². The zero-order valence-electron chi connectivity index (χ0n) is 10.2. The van der Waals surface area contributed by atoms with Gasteiger partial charge in [-0.1, -0.05) is 24.3 Å². The van der Waals surface area contributed by atoms with Crippen molar-refractivity contribution < 1.29 is 8.42 Å². The highest BCUT2D eigenvalue weighted by Gasteiger charge is 2.13. The predicted octanol–water partition coefficient (Wildman–Crippen LogP) is 0.877. The summed E-state index contributed by atoms with van der Waals surface area (Å²) < 4.78 is 26.2. The summed E-state index contributed by atoms with van der Waals surface area (Å²) in [5, 5.41) is 0. The Morgan fingerprint density at radius 3 is 2.47 bits per heavy atom. The van der Waals surface area contributed by atoms with Gasteiger partial charge in [0.1, 0.15) is 0 Å². The van der Waals surface area contributed by atoms with Gasteiger partial charge in [-0.3, -0.25) is 4.72 Å². The van der Waals surface area contributed by atoms with Crippen LogP contribution in [0.4, 0.5) is 5.95 Å². The lowest BCUT2D eigenvalue weighted by Gasteiger charge is -2.07. The monoisotopic (exact) mass is 278 g/mol. The molecular formula is C12H14N4O2S. The fraction of sp³-hybridized carbons (Fsp3) is 0.167. The second-order valence-electron chi connectivity index (χ2n) is 3.96. The maximum absolute atomic E-state index is 11.9. The van der Waals surface area contributed by atoms with Crippen LogP contribution in [0.1, 0.15) is 11.1 Å². The molecule has 0 fully saturated rings. The number of nitrogens with two attached hydrogens (primary N) is 1. The molecule has 2 aromatic rings. The van der Waals surface area contributed by atoms with E-state index in [1.165, 1.54) is 12.4 Å². The van der Waals surface area contributed by atoms with Crippen molar-refractivity contribution in [3.05, 3.63) is 53.9 Å². The van der Waals surface area contributed by atoms with Crippen LogP contribution in [0.25, 0.3) is 0 Å². The number of sulfonamides is 1.